The second-order valence-corrected chi connectivity index (χ2v) is 7.60. The van der Waals surface area contributed by atoms with E-state index in [4.69, 9.17) is 9.52 Å². The molecule has 32 heavy (non-hydrogen) atoms. The van der Waals surface area contributed by atoms with E-state index in [1.807, 2.05) is 0 Å². The summed E-state index contributed by atoms with van der Waals surface area (Å²) in [6, 6.07) is 3.47. The maximum absolute atomic E-state index is 12.3. The number of hydrogen-bond donors (Lipinski definition) is 3. The van der Waals surface area contributed by atoms with Crippen LogP contribution in [0.1, 0.15) is 44.3 Å². The summed E-state index contributed by atoms with van der Waals surface area (Å²) in [7, 11) is 0. The minimum atomic E-state index is -0.994. The molecule has 3 N–H and O–H groups in total. The quantitative estimate of drug-likeness (QED) is 0.312. The first-order valence-electron chi connectivity index (χ1n) is 10.9. The summed E-state index contributed by atoms with van der Waals surface area (Å²) < 4.78 is 5.73. The van der Waals surface area contributed by atoms with Crippen molar-refractivity contribution < 1.29 is 28.7 Å². The fourth-order valence-corrected chi connectivity index (χ4v) is 3.40. The Hall–Kier alpha value is -3.30. The standard InChI is InChI=1S/C22H32N4O6/c1-2-19(28)25-14-15-26(20(29)16-25)21-11-9-17(32-21)8-10-18(27)23-12-6-4-3-5-7-13-24-22(30)31/h2,9,11,24H,1,3-8,10,12-16H2,(H,23,27)(H,30,31). The molecule has 0 atom stereocenters. The number of carbonyl (C=O) groups is 4. The van der Waals surface area contributed by atoms with Gasteiger partial charge < -0.3 is 25.1 Å². The summed E-state index contributed by atoms with van der Waals surface area (Å²) in [6.45, 7) is 5.27. The molecule has 0 radical (unpaired) electrons. The van der Waals surface area contributed by atoms with Crippen LogP contribution in [0.15, 0.2) is 29.2 Å². The molecule has 1 aromatic heterocycles. The zero-order valence-electron chi connectivity index (χ0n) is 18.3. The van der Waals surface area contributed by atoms with E-state index >= 15 is 0 Å². The average Bonchev–Trinajstić information content (AvgIpc) is 3.24. The third kappa shape index (κ3) is 8.44. The minimum Gasteiger partial charge on any atom is -0.465 e. The Labute approximate surface area is 187 Å². The van der Waals surface area contributed by atoms with E-state index in [1.165, 1.54) is 15.9 Å². The van der Waals surface area contributed by atoms with Crippen molar-refractivity contribution in [1.82, 2.24) is 15.5 Å². The highest BCUT2D eigenvalue weighted by molar-refractivity contribution is 5.98. The van der Waals surface area contributed by atoms with E-state index in [2.05, 4.69) is 17.2 Å². The highest BCUT2D eigenvalue weighted by Gasteiger charge is 2.28. The van der Waals surface area contributed by atoms with Crippen LogP contribution in [-0.2, 0) is 20.8 Å². The molecule has 1 fully saturated rings. The van der Waals surface area contributed by atoms with Gasteiger partial charge in [-0.15, -0.1) is 0 Å². The van der Waals surface area contributed by atoms with Gasteiger partial charge in [-0.1, -0.05) is 25.8 Å². The number of unbranched alkanes of at least 4 members (excludes halogenated alkanes) is 4. The van der Waals surface area contributed by atoms with Crippen molar-refractivity contribution in [3.05, 3.63) is 30.5 Å². The van der Waals surface area contributed by atoms with Gasteiger partial charge in [0, 0.05) is 45.1 Å². The first-order valence-corrected chi connectivity index (χ1v) is 10.9. The monoisotopic (exact) mass is 448 g/mol. The van der Waals surface area contributed by atoms with Crippen molar-refractivity contribution in [3.8, 4) is 0 Å². The second-order valence-electron chi connectivity index (χ2n) is 7.60. The van der Waals surface area contributed by atoms with Crippen LogP contribution in [0.4, 0.5) is 10.7 Å². The molecule has 0 bridgehead atoms. The van der Waals surface area contributed by atoms with E-state index < -0.39 is 6.09 Å². The third-order valence-corrected chi connectivity index (χ3v) is 5.17. The van der Waals surface area contributed by atoms with Crippen LogP contribution < -0.4 is 15.5 Å². The van der Waals surface area contributed by atoms with Gasteiger partial charge in [0.2, 0.25) is 23.6 Å². The lowest BCUT2D eigenvalue weighted by molar-refractivity contribution is -0.133. The largest absolute Gasteiger partial charge is 0.465 e. The van der Waals surface area contributed by atoms with E-state index in [0.29, 0.717) is 50.7 Å². The van der Waals surface area contributed by atoms with Crippen molar-refractivity contribution in [1.29, 1.82) is 0 Å². The molecule has 0 aromatic carbocycles. The third-order valence-electron chi connectivity index (χ3n) is 5.17. The molecular formula is C22H32N4O6. The predicted molar refractivity (Wildman–Crippen MR) is 118 cm³/mol. The fourth-order valence-electron chi connectivity index (χ4n) is 3.40. The van der Waals surface area contributed by atoms with Gasteiger partial charge in [-0.05, 0) is 25.0 Å². The van der Waals surface area contributed by atoms with Crippen molar-refractivity contribution in [3.63, 3.8) is 0 Å². The average molecular weight is 449 g/mol. The molecule has 2 rings (SSSR count). The Kier molecular flexibility index (Phi) is 10.3. The normalized spacial score (nSPS) is 13.7. The van der Waals surface area contributed by atoms with Crippen LogP contribution in [0.5, 0.6) is 0 Å². The van der Waals surface area contributed by atoms with Gasteiger partial charge in [-0.25, -0.2) is 4.79 Å². The van der Waals surface area contributed by atoms with Crippen molar-refractivity contribution in [2.24, 2.45) is 0 Å². The first-order chi connectivity index (χ1) is 15.4. The molecule has 0 aliphatic carbocycles. The Morgan fingerprint density at radius 2 is 1.75 bits per heavy atom. The molecule has 10 nitrogen and oxygen atoms in total. The van der Waals surface area contributed by atoms with Crippen LogP contribution in [-0.4, -0.2) is 66.5 Å². The lowest BCUT2D eigenvalue weighted by atomic mass is 10.1. The molecule has 176 valence electrons. The number of aryl methyl sites for hydroxylation is 1. The summed E-state index contributed by atoms with van der Waals surface area (Å²) in [5, 5.41) is 13.7. The maximum Gasteiger partial charge on any atom is 0.404 e. The number of carboxylic acid groups (broad SMARTS) is 1. The Balaban J connectivity index is 1.59. The lowest BCUT2D eigenvalue weighted by Crippen LogP contribution is -2.52. The van der Waals surface area contributed by atoms with E-state index in [-0.39, 0.29) is 24.3 Å². The van der Waals surface area contributed by atoms with Crippen molar-refractivity contribution in [2.45, 2.75) is 44.9 Å². The number of piperazine rings is 1. The Bertz CT molecular complexity index is 806. The maximum atomic E-state index is 12.3. The number of carbonyl (C=O) groups excluding carboxylic acids is 3. The number of nitrogens with zero attached hydrogens (tertiary/aromatic N) is 2. The fraction of sp³-hybridized carbons (Fsp3) is 0.545. The van der Waals surface area contributed by atoms with Crippen LogP contribution in [0.25, 0.3) is 0 Å². The number of rotatable bonds is 13. The predicted octanol–water partition coefficient (Wildman–Crippen LogP) is 1.91. The van der Waals surface area contributed by atoms with Gasteiger partial charge in [0.05, 0.1) is 0 Å². The van der Waals surface area contributed by atoms with Crippen LogP contribution in [0.3, 0.4) is 0 Å². The lowest BCUT2D eigenvalue weighted by Gasteiger charge is -2.32. The topological polar surface area (TPSA) is 132 Å². The highest BCUT2D eigenvalue weighted by atomic mass is 16.4. The minimum absolute atomic E-state index is 0.0114. The SMILES string of the molecule is C=CC(=O)N1CCN(c2ccc(CCC(=O)NCCCCCCCNC(=O)O)o2)C(=O)C1. The number of nitrogens with one attached hydrogen (secondary N) is 2. The zero-order valence-corrected chi connectivity index (χ0v) is 18.3. The molecule has 0 saturated carbocycles. The molecule has 1 aliphatic heterocycles. The Morgan fingerprint density at radius 1 is 1.06 bits per heavy atom. The first kappa shape index (κ1) is 25.0. The molecule has 2 heterocycles. The van der Waals surface area contributed by atoms with Gasteiger partial charge in [-0.2, -0.15) is 0 Å². The zero-order chi connectivity index (χ0) is 23.3. The van der Waals surface area contributed by atoms with Crippen LogP contribution >= 0.6 is 0 Å². The summed E-state index contributed by atoms with van der Waals surface area (Å²) in [4.78, 5) is 49.3. The molecule has 1 aliphatic rings. The summed E-state index contributed by atoms with van der Waals surface area (Å²) in [5.41, 5.74) is 0. The second kappa shape index (κ2) is 13.2. The van der Waals surface area contributed by atoms with Gasteiger partial charge in [0.1, 0.15) is 12.3 Å². The summed E-state index contributed by atoms with van der Waals surface area (Å²) in [6.07, 6.45) is 5.57. The van der Waals surface area contributed by atoms with Gasteiger partial charge in [0.15, 0.2) is 0 Å². The van der Waals surface area contributed by atoms with Gasteiger partial charge in [0.25, 0.3) is 0 Å². The molecule has 0 unspecified atom stereocenters. The van der Waals surface area contributed by atoms with Crippen LogP contribution in [0, 0.1) is 0 Å². The molecule has 1 saturated heterocycles. The number of hydrogen-bond acceptors (Lipinski definition) is 5. The van der Waals surface area contributed by atoms with Crippen molar-refractivity contribution >= 4 is 29.7 Å². The smallest absolute Gasteiger partial charge is 0.404 e. The number of amides is 4. The van der Waals surface area contributed by atoms with E-state index in [0.717, 1.165) is 32.1 Å². The van der Waals surface area contributed by atoms with Crippen LogP contribution in [0.2, 0.25) is 0 Å². The van der Waals surface area contributed by atoms with E-state index in [1.54, 1.807) is 12.1 Å². The number of anilines is 1. The Morgan fingerprint density at radius 3 is 2.41 bits per heavy atom. The summed E-state index contributed by atoms with van der Waals surface area (Å²) in [5.74, 6) is 0.513. The van der Waals surface area contributed by atoms with Crippen molar-refractivity contribution in [2.75, 3.05) is 37.6 Å². The molecule has 10 heteroatoms. The molecule has 0 spiro atoms. The summed E-state index contributed by atoms with van der Waals surface area (Å²) >= 11 is 0. The molecule has 1 aromatic rings. The number of furan rings is 1. The van der Waals surface area contributed by atoms with E-state index in [9.17, 15) is 19.2 Å². The molecular weight excluding hydrogens is 416 g/mol. The molecule has 4 amide bonds. The van der Waals surface area contributed by atoms with Gasteiger partial charge in [-0.3, -0.25) is 19.3 Å². The van der Waals surface area contributed by atoms with Gasteiger partial charge >= 0.3 is 6.09 Å². The highest BCUT2D eigenvalue weighted by Crippen LogP contribution is 2.22.